The smallest absolute Gasteiger partial charge is 0.200 e. The second-order valence-corrected chi connectivity index (χ2v) is 8.62. The molecule has 2 aliphatic carbocycles. The molecule has 28 heavy (non-hydrogen) atoms. The number of benzene rings is 1. The van der Waals surface area contributed by atoms with Gasteiger partial charge in [0.05, 0.1) is 7.11 Å². The van der Waals surface area contributed by atoms with E-state index in [1.165, 1.54) is 39.2 Å². The Balaban J connectivity index is 1.41. The summed E-state index contributed by atoms with van der Waals surface area (Å²) in [7, 11) is 1.36. The van der Waals surface area contributed by atoms with Crippen molar-refractivity contribution in [2.45, 2.75) is 70.1 Å². The van der Waals surface area contributed by atoms with Crippen LogP contribution in [0.5, 0.6) is 5.75 Å². The Kier molecular flexibility index (Phi) is 7.70. The van der Waals surface area contributed by atoms with Crippen LogP contribution >= 0.6 is 0 Å². The van der Waals surface area contributed by atoms with Crippen molar-refractivity contribution in [1.82, 2.24) is 0 Å². The van der Waals surface area contributed by atoms with Crippen LogP contribution in [0.1, 0.15) is 75.7 Å². The zero-order valence-corrected chi connectivity index (χ0v) is 17.1. The first-order chi connectivity index (χ1) is 13.6. The van der Waals surface area contributed by atoms with E-state index < -0.39 is 11.6 Å². The minimum Gasteiger partial charge on any atom is -0.494 e. The lowest BCUT2D eigenvalue weighted by Gasteiger charge is -2.29. The Morgan fingerprint density at radius 3 is 2.29 bits per heavy atom. The number of hydrogen-bond acceptors (Lipinski definition) is 1. The van der Waals surface area contributed by atoms with Crippen molar-refractivity contribution in [2.75, 3.05) is 7.11 Å². The van der Waals surface area contributed by atoms with E-state index in [1.807, 2.05) is 0 Å². The largest absolute Gasteiger partial charge is 0.494 e. The minimum absolute atomic E-state index is 0.0142. The van der Waals surface area contributed by atoms with Crippen molar-refractivity contribution in [2.24, 2.45) is 17.8 Å². The highest BCUT2D eigenvalue weighted by molar-refractivity contribution is 5.33. The quantitative estimate of drug-likeness (QED) is 0.438. The minimum atomic E-state index is -0.852. The first kappa shape index (κ1) is 21.1. The van der Waals surface area contributed by atoms with Gasteiger partial charge in [-0.25, -0.2) is 4.39 Å². The van der Waals surface area contributed by atoms with Gasteiger partial charge < -0.3 is 4.74 Å². The Hall–Kier alpha value is -1.64. The molecule has 0 radical (unpaired) electrons. The number of rotatable bonds is 7. The molecule has 0 aromatic heterocycles. The lowest BCUT2D eigenvalue weighted by molar-refractivity contribution is 0.303. The summed E-state index contributed by atoms with van der Waals surface area (Å²) in [5, 5.41) is 0. The molecule has 3 rings (SSSR count). The molecule has 0 heterocycles. The lowest BCUT2D eigenvalue weighted by Crippen LogP contribution is -2.15. The predicted molar refractivity (Wildman–Crippen MR) is 112 cm³/mol. The molecule has 0 saturated heterocycles. The maximum atomic E-state index is 14.3. The molecule has 0 bridgehead atoms. The van der Waals surface area contributed by atoms with Gasteiger partial charge in [-0.3, -0.25) is 0 Å². The maximum Gasteiger partial charge on any atom is 0.200 e. The topological polar surface area (TPSA) is 9.23 Å². The summed E-state index contributed by atoms with van der Waals surface area (Å²) in [6, 6.07) is 3.25. The van der Waals surface area contributed by atoms with Gasteiger partial charge in [-0.2, -0.15) is 4.39 Å². The van der Waals surface area contributed by atoms with Gasteiger partial charge in [0.25, 0.3) is 0 Å². The van der Waals surface area contributed by atoms with E-state index in [9.17, 15) is 8.78 Å². The van der Waals surface area contributed by atoms with Crippen LogP contribution in [0.2, 0.25) is 0 Å². The zero-order valence-electron chi connectivity index (χ0n) is 17.1. The van der Waals surface area contributed by atoms with E-state index in [1.54, 1.807) is 12.1 Å². The first-order valence-electron chi connectivity index (χ1n) is 10.9. The summed E-state index contributed by atoms with van der Waals surface area (Å²) in [6.45, 7) is 3.92. The average Bonchev–Trinajstić information content (AvgIpc) is 2.74. The monoisotopic (exact) mass is 388 g/mol. The van der Waals surface area contributed by atoms with Crippen LogP contribution in [0.3, 0.4) is 0 Å². The van der Waals surface area contributed by atoms with Crippen LogP contribution in [0.25, 0.3) is 0 Å². The maximum absolute atomic E-state index is 14.3. The summed E-state index contributed by atoms with van der Waals surface area (Å²) in [5.41, 5.74) is 0.520. The molecular formula is C25H34F2O. The molecule has 2 saturated carbocycles. The fourth-order valence-corrected chi connectivity index (χ4v) is 4.98. The normalized spacial score (nSPS) is 28.4. The van der Waals surface area contributed by atoms with Crippen LogP contribution in [-0.4, -0.2) is 7.11 Å². The Labute approximate surface area is 168 Å². The second kappa shape index (κ2) is 10.2. The van der Waals surface area contributed by atoms with E-state index in [4.69, 9.17) is 4.74 Å². The SMILES string of the molecule is C=CC1CCC(/C=C/CCC2CCC(c3ccc(OC)c(F)c3F)CC2)CC1. The molecule has 0 spiro atoms. The summed E-state index contributed by atoms with van der Waals surface area (Å²) in [4.78, 5) is 0. The number of ether oxygens (including phenoxy) is 1. The zero-order chi connectivity index (χ0) is 19.9. The van der Waals surface area contributed by atoms with E-state index in [2.05, 4.69) is 24.8 Å². The highest BCUT2D eigenvalue weighted by Gasteiger charge is 2.26. The molecule has 154 valence electrons. The third-order valence-corrected chi connectivity index (χ3v) is 6.88. The summed E-state index contributed by atoms with van der Waals surface area (Å²) in [5.74, 6) is 0.727. The van der Waals surface area contributed by atoms with E-state index >= 15 is 0 Å². The predicted octanol–water partition coefficient (Wildman–Crippen LogP) is 7.58. The van der Waals surface area contributed by atoms with E-state index in [-0.39, 0.29) is 11.7 Å². The van der Waals surface area contributed by atoms with Gasteiger partial charge in [0.15, 0.2) is 11.6 Å². The molecule has 1 aromatic rings. The third-order valence-electron chi connectivity index (χ3n) is 6.88. The molecule has 1 nitrogen and oxygen atoms in total. The van der Waals surface area contributed by atoms with Crippen LogP contribution in [0, 0.1) is 29.4 Å². The van der Waals surface area contributed by atoms with Gasteiger partial charge in [-0.05, 0) is 99.5 Å². The van der Waals surface area contributed by atoms with Crippen LogP contribution in [0.15, 0.2) is 36.9 Å². The van der Waals surface area contributed by atoms with Gasteiger partial charge in [0.1, 0.15) is 0 Å². The first-order valence-corrected chi connectivity index (χ1v) is 10.9. The molecule has 0 atom stereocenters. The second-order valence-electron chi connectivity index (χ2n) is 8.62. The molecular weight excluding hydrogens is 354 g/mol. The fraction of sp³-hybridized carbons (Fsp3) is 0.600. The standard InChI is InChI=1S/C25H34F2O/c1-3-18-8-10-19(11-9-18)6-4-5-7-20-12-14-21(15-13-20)22-16-17-23(28-2)25(27)24(22)26/h3-4,6,16-21H,1,5,7-15H2,2H3/b6-4+. The number of methoxy groups -OCH3 is 1. The Morgan fingerprint density at radius 1 is 0.964 bits per heavy atom. The van der Waals surface area contributed by atoms with Crippen molar-refractivity contribution in [1.29, 1.82) is 0 Å². The molecule has 3 heteroatoms. The molecule has 1 aromatic carbocycles. The Morgan fingerprint density at radius 2 is 1.64 bits per heavy atom. The summed E-state index contributed by atoms with van der Waals surface area (Å²) in [6.07, 6.45) is 18.5. The number of hydrogen-bond donors (Lipinski definition) is 0. The van der Waals surface area contributed by atoms with Crippen molar-refractivity contribution in [3.8, 4) is 5.75 Å². The molecule has 0 unspecified atom stereocenters. The van der Waals surface area contributed by atoms with Crippen molar-refractivity contribution in [3.63, 3.8) is 0 Å². The number of halogens is 2. The fourth-order valence-electron chi connectivity index (χ4n) is 4.98. The highest BCUT2D eigenvalue weighted by atomic mass is 19.2. The van der Waals surface area contributed by atoms with Crippen LogP contribution in [-0.2, 0) is 0 Å². The van der Waals surface area contributed by atoms with Crippen molar-refractivity contribution < 1.29 is 13.5 Å². The molecule has 0 N–H and O–H groups in total. The van der Waals surface area contributed by atoms with Crippen LogP contribution in [0.4, 0.5) is 8.78 Å². The third kappa shape index (κ3) is 5.24. The lowest BCUT2D eigenvalue weighted by atomic mass is 9.77. The number of allylic oxidation sites excluding steroid dienone is 3. The van der Waals surface area contributed by atoms with Gasteiger partial charge >= 0.3 is 0 Å². The van der Waals surface area contributed by atoms with Gasteiger partial charge in [-0.15, -0.1) is 6.58 Å². The molecule has 2 fully saturated rings. The average molecular weight is 389 g/mol. The summed E-state index contributed by atoms with van der Waals surface area (Å²) < 4.78 is 33.2. The highest BCUT2D eigenvalue weighted by Crippen LogP contribution is 2.40. The molecule has 0 amide bonds. The van der Waals surface area contributed by atoms with Crippen molar-refractivity contribution >= 4 is 0 Å². The van der Waals surface area contributed by atoms with Gasteiger partial charge in [0.2, 0.25) is 5.82 Å². The summed E-state index contributed by atoms with van der Waals surface area (Å²) >= 11 is 0. The van der Waals surface area contributed by atoms with E-state index in [0.29, 0.717) is 11.5 Å². The molecule has 0 aliphatic heterocycles. The molecule has 2 aliphatic rings. The van der Waals surface area contributed by atoms with Gasteiger partial charge in [-0.1, -0.05) is 24.3 Å². The van der Waals surface area contributed by atoms with E-state index in [0.717, 1.165) is 43.9 Å². The van der Waals surface area contributed by atoms with Crippen LogP contribution < -0.4 is 4.74 Å². The van der Waals surface area contributed by atoms with Crippen molar-refractivity contribution in [3.05, 3.63) is 54.1 Å². The Bertz CT molecular complexity index is 665. The van der Waals surface area contributed by atoms with Gasteiger partial charge in [0, 0.05) is 0 Å².